The number of likely N-dealkylation sites (tertiary alicyclic amines) is 1. The molecule has 0 unspecified atom stereocenters. The van der Waals surface area contributed by atoms with E-state index in [1.807, 2.05) is 31.2 Å². The number of halogens is 1. The molecule has 1 atom stereocenters. The van der Waals surface area contributed by atoms with E-state index in [1.165, 1.54) is 0 Å². The zero-order valence-corrected chi connectivity index (χ0v) is 16.0. The molecule has 1 fully saturated rings. The molecular weight excluding hydrogens is 364 g/mol. The predicted molar refractivity (Wildman–Crippen MR) is 106 cm³/mol. The van der Waals surface area contributed by atoms with Crippen LogP contribution < -0.4 is 10.1 Å². The summed E-state index contributed by atoms with van der Waals surface area (Å²) in [6.45, 7) is 3.59. The second-order valence-electron chi connectivity index (χ2n) is 6.55. The maximum absolute atomic E-state index is 12.7. The number of hydrogen-bond donors (Lipinski definition) is 1. The lowest BCUT2D eigenvalue weighted by atomic mass is 9.96. The van der Waals surface area contributed by atoms with E-state index in [2.05, 4.69) is 5.32 Å². The zero-order valence-electron chi connectivity index (χ0n) is 15.3. The third kappa shape index (κ3) is 5.01. The normalized spacial score (nSPS) is 16.7. The standard InChI is InChI=1S/C21H23ClN2O3/c1-2-27-19-10-8-18(9-11-19)23-20(25)16-6-4-12-24(14-16)21(26)15-5-3-7-17(22)13-15/h3,5,7-11,13,16H,2,4,6,12,14H2,1H3,(H,23,25)/t16-/m1/s1. The minimum atomic E-state index is -0.228. The van der Waals surface area contributed by atoms with Gasteiger partial charge in [-0.05, 0) is 62.2 Å². The third-order valence-electron chi connectivity index (χ3n) is 4.58. The number of nitrogens with zero attached hydrogens (tertiary/aromatic N) is 1. The number of hydrogen-bond acceptors (Lipinski definition) is 3. The van der Waals surface area contributed by atoms with Crippen molar-refractivity contribution in [3.05, 3.63) is 59.1 Å². The van der Waals surface area contributed by atoms with Gasteiger partial charge < -0.3 is 15.0 Å². The topological polar surface area (TPSA) is 58.6 Å². The van der Waals surface area contributed by atoms with Crippen molar-refractivity contribution in [1.29, 1.82) is 0 Å². The fourth-order valence-corrected chi connectivity index (χ4v) is 3.42. The van der Waals surface area contributed by atoms with Crippen LogP contribution in [0, 0.1) is 5.92 Å². The third-order valence-corrected chi connectivity index (χ3v) is 4.82. The van der Waals surface area contributed by atoms with Crippen molar-refractivity contribution in [2.45, 2.75) is 19.8 Å². The summed E-state index contributed by atoms with van der Waals surface area (Å²) in [6, 6.07) is 14.2. The maximum Gasteiger partial charge on any atom is 0.253 e. The Balaban J connectivity index is 1.61. The Morgan fingerprint density at radius 3 is 2.70 bits per heavy atom. The molecule has 0 aliphatic carbocycles. The van der Waals surface area contributed by atoms with Gasteiger partial charge in [-0.3, -0.25) is 9.59 Å². The number of nitrogens with one attached hydrogen (secondary N) is 1. The number of carbonyl (C=O) groups excluding carboxylic acids is 2. The smallest absolute Gasteiger partial charge is 0.253 e. The van der Waals surface area contributed by atoms with E-state index in [-0.39, 0.29) is 17.7 Å². The SMILES string of the molecule is CCOc1ccc(NC(=O)[C@@H]2CCCN(C(=O)c3cccc(Cl)c3)C2)cc1. The number of ether oxygens (including phenoxy) is 1. The van der Waals surface area contributed by atoms with Gasteiger partial charge in [0.2, 0.25) is 5.91 Å². The second-order valence-corrected chi connectivity index (χ2v) is 6.98. The van der Waals surface area contributed by atoms with Crippen LogP contribution in [-0.2, 0) is 4.79 Å². The van der Waals surface area contributed by atoms with Crippen molar-refractivity contribution in [2.24, 2.45) is 5.92 Å². The van der Waals surface area contributed by atoms with Crippen LogP contribution in [0.5, 0.6) is 5.75 Å². The van der Waals surface area contributed by atoms with Crippen LogP contribution in [-0.4, -0.2) is 36.4 Å². The molecule has 1 aliphatic heterocycles. The van der Waals surface area contributed by atoms with E-state index in [9.17, 15) is 9.59 Å². The molecule has 5 nitrogen and oxygen atoms in total. The molecule has 142 valence electrons. The van der Waals surface area contributed by atoms with Crippen molar-refractivity contribution in [1.82, 2.24) is 4.90 Å². The highest BCUT2D eigenvalue weighted by atomic mass is 35.5. The molecule has 2 amide bonds. The van der Waals surface area contributed by atoms with Gasteiger partial charge in [-0.1, -0.05) is 17.7 Å². The van der Waals surface area contributed by atoms with Crippen molar-refractivity contribution in [3.8, 4) is 5.75 Å². The lowest BCUT2D eigenvalue weighted by Gasteiger charge is -2.32. The van der Waals surface area contributed by atoms with E-state index in [0.717, 1.165) is 24.3 Å². The van der Waals surface area contributed by atoms with Gasteiger partial charge in [0, 0.05) is 29.4 Å². The molecule has 1 heterocycles. The van der Waals surface area contributed by atoms with Crippen LogP contribution in [0.2, 0.25) is 5.02 Å². The summed E-state index contributed by atoms with van der Waals surface area (Å²) in [5, 5.41) is 3.47. The predicted octanol–water partition coefficient (Wildman–Crippen LogP) is 4.23. The summed E-state index contributed by atoms with van der Waals surface area (Å²) in [7, 11) is 0. The molecular formula is C21H23ClN2O3. The van der Waals surface area contributed by atoms with Crippen LogP contribution in [0.25, 0.3) is 0 Å². The quantitative estimate of drug-likeness (QED) is 0.836. The summed E-state index contributed by atoms with van der Waals surface area (Å²) in [5.41, 5.74) is 1.27. The summed E-state index contributed by atoms with van der Waals surface area (Å²) in [5.74, 6) is 0.388. The van der Waals surface area contributed by atoms with E-state index >= 15 is 0 Å². The van der Waals surface area contributed by atoms with Crippen LogP contribution >= 0.6 is 11.6 Å². The molecule has 2 aromatic carbocycles. The van der Waals surface area contributed by atoms with Crippen LogP contribution in [0.1, 0.15) is 30.1 Å². The van der Waals surface area contributed by atoms with Crippen LogP contribution in [0.15, 0.2) is 48.5 Å². The van der Waals surface area contributed by atoms with Crippen molar-refractivity contribution in [3.63, 3.8) is 0 Å². The monoisotopic (exact) mass is 386 g/mol. The molecule has 0 saturated carbocycles. The van der Waals surface area contributed by atoms with Gasteiger partial charge in [-0.25, -0.2) is 0 Å². The molecule has 6 heteroatoms. The fraction of sp³-hybridized carbons (Fsp3) is 0.333. The first-order valence-corrected chi connectivity index (χ1v) is 9.53. The Morgan fingerprint density at radius 1 is 1.22 bits per heavy atom. The van der Waals surface area contributed by atoms with Crippen molar-refractivity contribution >= 4 is 29.1 Å². The van der Waals surface area contributed by atoms with Gasteiger partial charge >= 0.3 is 0 Å². The average Bonchev–Trinajstić information content (AvgIpc) is 2.69. The summed E-state index contributed by atoms with van der Waals surface area (Å²) < 4.78 is 5.41. The first-order chi connectivity index (χ1) is 13.1. The first-order valence-electron chi connectivity index (χ1n) is 9.15. The van der Waals surface area contributed by atoms with Gasteiger partial charge in [0.1, 0.15) is 5.75 Å². The molecule has 0 aromatic heterocycles. The Bertz CT molecular complexity index is 807. The highest BCUT2D eigenvalue weighted by Gasteiger charge is 2.29. The second kappa shape index (κ2) is 8.91. The maximum atomic E-state index is 12.7. The Kier molecular flexibility index (Phi) is 6.35. The molecule has 27 heavy (non-hydrogen) atoms. The fourth-order valence-electron chi connectivity index (χ4n) is 3.23. The van der Waals surface area contributed by atoms with Gasteiger partial charge in [-0.15, -0.1) is 0 Å². The molecule has 1 N–H and O–H groups in total. The molecule has 0 radical (unpaired) electrons. The number of anilines is 1. The van der Waals surface area contributed by atoms with E-state index in [0.29, 0.717) is 30.3 Å². The average molecular weight is 387 g/mol. The molecule has 2 aromatic rings. The number of amides is 2. The van der Waals surface area contributed by atoms with E-state index in [4.69, 9.17) is 16.3 Å². The molecule has 0 bridgehead atoms. The lowest BCUT2D eigenvalue weighted by molar-refractivity contribution is -0.121. The first kappa shape index (κ1) is 19.2. The molecule has 3 rings (SSSR count). The highest BCUT2D eigenvalue weighted by molar-refractivity contribution is 6.30. The number of piperidine rings is 1. The zero-order chi connectivity index (χ0) is 19.2. The van der Waals surface area contributed by atoms with Gasteiger partial charge in [0.25, 0.3) is 5.91 Å². The van der Waals surface area contributed by atoms with E-state index in [1.54, 1.807) is 29.2 Å². The summed E-state index contributed by atoms with van der Waals surface area (Å²) in [4.78, 5) is 27.1. The largest absolute Gasteiger partial charge is 0.494 e. The van der Waals surface area contributed by atoms with Gasteiger partial charge in [0.15, 0.2) is 0 Å². The Hall–Kier alpha value is -2.53. The minimum absolute atomic E-state index is 0.0669. The van der Waals surface area contributed by atoms with Crippen LogP contribution in [0.3, 0.4) is 0 Å². The number of benzene rings is 2. The summed E-state index contributed by atoms with van der Waals surface area (Å²) in [6.07, 6.45) is 1.57. The Labute approximate surface area is 164 Å². The number of rotatable bonds is 5. The van der Waals surface area contributed by atoms with Gasteiger partial charge in [-0.2, -0.15) is 0 Å². The summed E-state index contributed by atoms with van der Waals surface area (Å²) >= 11 is 5.98. The van der Waals surface area contributed by atoms with Gasteiger partial charge in [0.05, 0.1) is 12.5 Å². The van der Waals surface area contributed by atoms with Crippen molar-refractivity contribution in [2.75, 3.05) is 25.0 Å². The minimum Gasteiger partial charge on any atom is -0.494 e. The van der Waals surface area contributed by atoms with E-state index < -0.39 is 0 Å². The molecule has 1 saturated heterocycles. The van der Waals surface area contributed by atoms with Crippen LogP contribution in [0.4, 0.5) is 5.69 Å². The Morgan fingerprint density at radius 2 is 2.00 bits per heavy atom. The molecule has 1 aliphatic rings. The number of carbonyl (C=O) groups is 2. The lowest BCUT2D eigenvalue weighted by Crippen LogP contribution is -2.43. The van der Waals surface area contributed by atoms with Crippen molar-refractivity contribution < 1.29 is 14.3 Å². The molecule has 0 spiro atoms. The highest BCUT2D eigenvalue weighted by Crippen LogP contribution is 2.22.